The molecule has 6 nitrogen and oxygen atoms in total. The van der Waals surface area contributed by atoms with E-state index in [1.165, 1.54) is 0 Å². The number of hydrogen-bond donors (Lipinski definition) is 3. The number of carbonyl (C=O) groups is 2. The van der Waals surface area contributed by atoms with Crippen molar-refractivity contribution in [1.82, 2.24) is 10.8 Å². The lowest BCUT2D eigenvalue weighted by atomic mass is 10.1. The molecular weight excluding hydrogens is 414 g/mol. The van der Waals surface area contributed by atoms with Crippen LogP contribution in [0, 0.1) is 0 Å². The number of imide groups is 1. The van der Waals surface area contributed by atoms with Crippen LogP contribution in [0.4, 0.5) is 10.5 Å². The number of anilines is 1. The van der Waals surface area contributed by atoms with Gasteiger partial charge in [0.25, 0.3) is 5.91 Å². The number of benzene rings is 3. The summed E-state index contributed by atoms with van der Waals surface area (Å²) in [7, 11) is 0. The van der Waals surface area contributed by atoms with Crippen molar-refractivity contribution in [2.45, 2.75) is 13.5 Å². The topological polar surface area (TPSA) is 79.5 Å². The van der Waals surface area contributed by atoms with Crippen LogP contribution in [0.5, 0.6) is 0 Å². The van der Waals surface area contributed by atoms with Gasteiger partial charge in [-0.15, -0.1) is 0 Å². The number of hydroxylamine groups is 1. The van der Waals surface area contributed by atoms with E-state index in [1.54, 1.807) is 36.4 Å². The predicted octanol–water partition coefficient (Wildman–Crippen LogP) is 5.38. The highest BCUT2D eigenvalue weighted by atomic mass is 35.5. The molecule has 0 saturated heterocycles. The van der Waals surface area contributed by atoms with Gasteiger partial charge in [0.05, 0.1) is 22.9 Å². The zero-order valence-electron chi connectivity index (χ0n) is 16.9. The Morgan fingerprint density at radius 3 is 2.29 bits per heavy atom. The molecular formula is C24H22ClN3O3. The number of urea groups is 1. The second-order valence-corrected chi connectivity index (χ2v) is 6.95. The lowest BCUT2D eigenvalue weighted by molar-refractivity contribution is 0.0645. The van der Waals surface area contributed by atoms with E-state index in [2.05, 4.69) is 16.1 Å². The minimum absolute atomic E-state index is 0.232. The van der Waals surface area contributed by atoms with E-state index in [-0.39, 0.29) is 10.6 Å². The number of nitrogens with one attached hydrogen (secondary N) is 3. The van der Waals surface area contributed by atoms with Gasteiger partial charge < -0.3 is 5.32 Å². The molecule has 0 aliphatic heterocycles. The Hall–Kier alpha value is -3.61. The molecule has 0 atom stereocenters. The summed E-state index contributed by atoms with van der Waals surface area (Å²) < 4.78 is 0. The summed E-state index contributed by atoms with van der Waals surface area (Å²) in [5, 5.41) is 5.15. The Labute approximate surface area is 185 Å². The summed E-state index contributed by atoms with van der Waals surface area (Å²) in [6.45, 7) is 2.27. The lowest BCUT2D eigenvalue weighted by Crippen LogP contribution is -2.34. The quantitative estimate of drug-likeness (QED) is 0.435. The maximum Gasteiger partial charge on any atom is 0.326 e. The number of amides is 3. The Balaban J connectivity index is 1.48. The molecule has 0 radical (unpaired) electrons. The normalized spacial score (nSPS) is 11.0. The highest BCUT2D eigenvalue weighted by Crippen LogP contribution is 2.15. The molecule has 158 valence electrons. The maximum atomic E-state index is 12.1. The van der Waals surface area contributed by atoms with Crippen LogP contribution >= 0.6 is 11.6 Å². The van der Waals surface area contributed by atoms with Gasteiger partial charge in [0, 0.05) is 5.69 Å². The average Bonchev–Trinajstić information content (AvgIpc) is 2.78. The van der Waals surface area contributed by atoms with Gasteiger partial charge in [0.2, 0.25) is 0 Å². The van der Waals surface area contributed by atoms with Crippen molar-refractivity contribution >= 4 is 34.9 Å². The molecule has 3 aromatic carbocycles. The fraction of sp³-hybridized carbons (Fsp3) is 0.0833. The summed E-state index contributed by atoms with van der Waals surface area (Å²) in [6.07, 6.45) is 1.94. The van der Waals surface area contributed by atoms with E-state index in [9.17, 15) is 9.59 Å². The monoisotopic (exact) mass is 435 g/mol. The van der Waals surface area contributed by atoms with Crippen LogP contribution in [0.2, 0.25) is 5.02 Å². The molecule has 3 rings (SSSR count). The second-order valence-electron chi connectivity index (χ2n) is 6.54. The van der Waals surface area contributed by atoms with Gasteiger partial charge in [-0.1, -0.05) is 72.3 Å². The van der Waals surface area contributed by atoms with Gasteiger partial charge in [-0.2, -0.15) is 0 Å². The number of allylic oxidation sites excluding steroid dienone is 1. The van der Waals surface area contributed by atoms with E-state index in [4.69, 9.17) is 16.4 Å². The molecule has 7 heteroatoms. The highest BCUT2D eigenvalue weighted by molar-refractivity contribution is 6.34. The minimum atomic E-state index is -0.642. The fourth-order valence-corrected chi connectivity index (χ4v) is 2.98. The van der Waals surface area contributed by atoms with Crippen LogP contribution in [-0.4, -0.2) is 11.9 Å². The van der Waals surface area contributed by atoms with E-state index in [0.717, 1.165) is 16.8 Å². The molecule has 0 heterocycles. The van der Waals surface area contributed by atoms with Crippen LogP contribution < -0.4 is 16.1 Å². The van der Waals surface area contributed by atoms with Crippen LogP contribution in [0.15, 0.2) is 84.9 Å². The van der Waals surface area contributed by atoms with Crippen molar-refractivity contribution in [3.63, 3.8) is 0 Å². The third kappa shape index (κ3) is 6.44. The molecule has 0 bridgehead atoms. The molecule has 0 aliphatic rings. The zero-order valence-corrected chi connectivity index (χ0v) is 17.6. The van der Waals surface area contributed by atoms with Crippen LogP contribution in [0.25, 0.3) is 5.70 Å². The zero-order chi connectivity index (χ0) is 22.1. The molecule has 31 heavy (non-hydrogen) atoms. The predicted molar refractivity (Wildman–Crippen MR) is 122 cm³/mol. The number of carbonyl (C=O) groups excluding carboxylic acids is 2. The van der Waals surface area contributed by atoms with Crippen molar-refractivity contribution in [1.29, 1.82) is 0 Å². The first kappa shape index (κ1) is 22.1. The minimum Gasteiger partial charge on any atom is -0.308 e. The van der Waals surface area contributed by atoms with Crippen molar-refractivity contribution in [2.75, 3.05) is 5.32 Å². The molecule has 3 amide bonds. The third-order valence-electron chi connectivity index (χ3n) is 4.35. The summed E-state index contributed by atoms with van der Waals surface area (Å²) >= 11 is 5.97. The largest absolute Gasteiger partial charge is 0.326 e. The first-order valence-corrected chi connectivity index (χ1v) is 10.00. The summed E-state index contributed by atoms with van der Waals surface area (Å²) in [5.41, 5.74) is 6.54. The van der Waals surface area contributed by atoms with Crippen molar-refractivity contribution in [3.05, 3.63) is 107 Å². The van der Waals surface area contributed by atoms with Gasteiger partial charge in [-0.25, -0.2) is 4.79 Å². The van der Waals surface area contributed by atoms with Gasteiger partial charge in [0.15, 0.2) is 0 Å². The first-order chi connectivity index (χ1) is 15.1. The van der Waals surface area contributed by atoms with Crippen molar-refractivity contribution in [3.8, 4) is 0 Å². The summed E-state index contributed by atoms with van der Waals surface area (Å²) in [6, 6.07) is 22.9. The van der Waals surface area contributed by atoms with Gasteiger partial charge in [-0.05, 0) is 42.3 Å². The average molecular weight is 436 g/mol. The molecule has 0 fully saturated rings. The van der Waals surface area contributed by atoms with Crippen molar-refractivity contribution in [2.24, 2.45) is 0 Å². The molecule has 3 N–H and O–H groups in total. The molecule has 0 aliphatic carbocycles. The Morgan fingerprint density at radius 2 is 1.61 bits per heavy atom. The summed E-state index contributed by atoms with van der Waals surface area (Å²) in [5.74, 6) is -0.572. The van der Waals surface area contributed by atoms with E-state index in [0.29, 0.717) is 12.3 Å². The second kappa shape index (κ2) is 11.0. The van der Waals surface area contributed by atoms with Crippen LogP contribution in [-0.2, 0) is 11.4 Å². The summed E-state index contributed by atoms with van der Waals surface area (Å²) in [4.78, 5) is 29.8. The SMILES string of the molecule is CC=C(NOCc1ccc(NC(=O)NC(=O)c2ccccc2Cl)cc1)c1ccccc1. The number of halogens is 1. The number of rotatable bonds is 7. The molecule has 0 aromatic heterocycles. The Morgan fingerprint density at radius 1 is 0.935 bits per heavy atom. The van der Waals surface area contributed by atoms with Crippen molar-refractivity contribution < 1.29 is 14.4 Å². The Kier molecular flexibility index (Phi) is 7.81. The molecule has 0 saturated carbocycles. The standard InChI is InChI=1S/C24H22ClN3O3/c1-2-22(18-8-4-3-5-9-18)28-31-16-17-12-14-19(15-13-17)26-24(30)27-23(29)20-10-6-7-11-21(20)25/h2-15,28H,16H2,1H3,(H2,26,27,29,30). The van der Waals surface area contributed by atoms with Gasteiger partial charge in [0.1, 0.15) is 0 Å². The maximum absolute atomic E-state index is 12.1. The van der Waals surface area contributed by atoms with Gasteiger partial charge >= 0.3 is 6.03 Å². The third-order valence-corrected chi connectivity index (χ3v) is 4.68. The van der Waals surface area contributed by atoms with E-state index < -0.39 is 11.9 Å². The van der Waals surface area contributed by atoms with Crippen LogP contribution in [0.1, 0.15) is 28.4 Å². The van der Waals surface area contributed by atoms with Crippen LogP contribution in [0.3, 0.4) is 0 Å². The number of hydrogen-bond acceptors (Lipinski definition) is 4. The highest BCUT2D eigenvalue weighted by Gasteiger charge is 2.13. The Bertz CT molecular complexity index is 1070. The van der Waals surface area contributed by atoms with Gasteiger partial charge in [-0.3, -0.25) is 20.4 Å². The smallest absolute Gasteiger partial charge is 0.308 e. The van der Waals surface area contributed by atoms with E-state index in [1.807, 2.05) is 55.5 Å². The molecule has 0 spiro atoms. The lowest BCUT2D eigenvalue weighted by Gasteiger charge is -2.12. The van der Waals surface area contributed by atoms with E-state index >= 15 is 0 Å². The first-order valence-electron chi connectivity index (χ1n) is 9.62. The molecule has 0 unspecified atom stereocenters. The fourth-order valence-electron chi connectivity index (χ4n) is 2.76. The molecule has 3 aromatic rings.